The minimum Gasteiger partial charge on any atom is -0.379 e. The van der Waals surface area contributed by atoms with Crippen LogP contribution in [0.1, 0.15) is 29.6 Å². The number of amides is 1. The van der Waals surface area contributed by atoms with Crippen LogP contribution in [0.4, 0.5) is 0 Å². The van der Waals surface area contributed by atoms with Crippen LogP contribution in [0.2, 0.25) is 0 Å². The summed E-state index contributed by atoms with van der Waals surface area (Å²) in [5, 5.41) is 0. The van der Waals surface area contributed by atoms with E-state index in [1.165, 1.54) is 16.4 Å². The van der Waals surface area contributed by atoms with Crippen LogP contribution in [0, 0.1) is 0 Å². The molecule has 3 aliphatic heterocycles. The monoisotopic (exact) mass is 410 g/mol. The summed E-state index contributed by atoms with van der Waals surface area (Å²) in [7, 11) is -3.56. The second kappa shape index (κ2) is 8.46. The molecule has 9 heteroatoms. The molecule has 1 amide bonds. The Morgan fingerprint density at radius 1 is 0.929 bits per heavy atom. The lowest BCUT2D eigenvalue weighted by molar-refractivity contribution is -0.100. The lowest BCUT2D eigenvalue weighted by Gasteiger charge is -2.38. The lowest BCUT2D eigenvalue weighted by Crippen LogP contribution is -2.50. The smallest absolute Gasteiger partial charge is 0.254 e. The van der Waals surface area contributed by atoms with Gasteiger partial charge in [-0.05, 0) is 43.5 Å². The Morgan fingerprint density at radius 3 is 2.29 bits per heavy atom. The molecule has 1 atom stereocenters. The van der Waals surface area contributed by atoms with Gasteiger partial charge in [-0.2, -0.15) is 4.31 Å². The first-order chi connectivity index (χ1) is 13.6. The number of morpholine rings is 1. The van der Waals surface area contributed by atoms with Crippen LogP contribution in [0.5, 0.6) is 0 Å². The molecule has 3 aliphatic rings. The maximum absolute atomic E-state index is 13.1. The first-order valence-electron chi connectivity index (χ1n) is 9.79. The highest BCUT2D eigenvalue weighted by Crippen LogP contribution is 2.26. The van der Waals surface area contributed by atoms with Crippen LogP contribution in [0.15, 0.2) is 29.2 Å². The number of benzene rings is 1. The number of hydrogen-bond acceptors (Lipinski definition) is 6. The topological polar surface area (TPSA) is 85.4 Å². The second-order valence-electron chi connectivity index (χ2n) is 7.21. The zero-order valence-electron chi connectivity index (χ0n) is 15.8. The maximum Gasteiger partial charge on any atom is 0.254 e. The van der Waals surface area contributed by atoms with Crippen molar-refractivity contribution < 1.29 is 27.4 Å². The van der Waals surface area contributed by atoms with E-state index in [0.717, 1.165) is 19.3 Å². The first kappa shape index (κ1) is 19.8. The highest BCUT2D eigenvalue weighted by Gasteiger charge is 2.36. The molecule has 28 heavy (non-hydrogen) atoms. The fraction of sp³-hybridized carbons (Fsp3) is 0.632. The van der Waals surface area contributed by atoms with Gasteiger partial charge < -0.3 is 19.1 Å². The van der Waals surface area contributed by atoms with Crippen LogP contribution < -0.4 is 0 Å². The standard InChI is InChI=1S/C19H26N2O6S/c22-18(21-8-2-1-3-17(21)19-26-13-14-27-19)15-4-6-16(7-5-15)28(23,24)20-9-11-25-12-10-20/h4-7,17,19H,1-3,8-14H2. The van der Waals surface area contributed by atoms with E-state index in [1.54, 1.807) is 12.1 Å². The molecule has 0 radical (unpaired) electrons. The fourth-order valence-corrected chi connectivity index (χ4v) is 5.37. The molecule has 3 heterocycles. The predicted molar refractivity (Wildman–Crippen MR) is 100 cm³/mol. The molecular weight excluding hydrogens is 384 g/mol. The maximum atomic E-state index is 13.1. The molecule has 3 saturated heterocycles. The molecule has 4 rings (SSSR count). The van der Waals surface area contributed by atoms with E-state index < -0.39 is 10.0 Å². The summed E-state index contributed by atoms with van der Waals surface area (Å²) in [4.78, 5) is 15.1. The molecule has 0 N–H and O–H groups in total. The van der Waals surface area contributed by atoms with Gasteiger partial charge in [0.25, 0.3) is 5.91 Å². The van der Waals surface area contributed by atoms with Crippen molar-refractivity contribution >= 4 is 15.9 Å². The molecule has 154 valence electrons. The van der Waals surface area contributed by atoms with Gasteiger partial charge in [0.2, 0.25) is 10.0 Å². The summed E-state index contributed by atoms with van der Waals surface area (Å²) in [6, 6.07) is 6.12. The van der Waals surface area contributed by atoms with Gasteiger partial charge in [0.1, 0.15) is 0 Å². The van der Waals surface area contributed by atoms with Crippen molar-refractivity contribution in [2.45, 2.75) is 36.5 Å². The van der Waals surface area contributed by atoms with Gasteiger partial charge >= 0.3 is 0 Å². The number of piperidine rings is 1. The van der Waals surface area contributed by atoms with E-state index in [-0.39, 0.29) is 23.1 Å². The number of sulfonamides is 1. The van der Waals surface area contributed by atoms with Crippen molar-refractivity contribution in [3.63, 3.8) is 0 Å². The summed E-state index contributed by atoms with van der Waals surface area (Å²) in [5.74, 6) is -0.112. The highest BCUT2D eigenvalue weighted by molar-refractivity contribution is 7.89. The lowest BCUT2D eigenvalue weighted by atomic mass is 10.00. The Balaban J connectivity index is 1.50. The fourth-order valence-electron chi connectivity index (χ4n) is 3.96. The average Bonchev–Trinajstić information content (AvgIpc) is 3.29. The van der Waals surface area contributed by atoms with Gasteiger partial charge in [-0.1, -0.05) is 0 Å². The molecule has 3 fully saturated rings. The average molecular weight is 410 g/mol. The van der Waals surface area contributed by atoms with Crippen molar-refractivity contribution in [3.05, 3.63) is 29.8 Å². The van der Waals surface area contributed by atoms with E-state index in [1.807, 2.05) is 4.90 Å². The predicted octanol–water partition coefficient (Wildman–Crippen LogP) is 1.08. The van der Waals surface area contributed by atoms with Crippen LogP contribution in [-0.2, 0) is 24.2 Å². The SMILES string of the molecule is O=C(c1ccc(S(=O)(=O)N2CCOCC2)cc1)N1CCCCC1C1OCCO1. The quantitative estimate of drug-likeness (QED) is 0.738. The normalized spacial score (nSPS) is 25.1. The minimum absolute atomic E-state index is 0.0968. The molecule has 8 nitrogen and oxygen atoms in total. The van der Waals surface area contributed by atoms with E-state index in [4.69, 9.17) is 14.2 Å². The third kappa shape index (κ3) is 3.95. The van der Waals surface area contributed by atoms with Crippen LogP contribution >= 0.6 is 0 Å². The molecular formula is C19H26N2O6S. The van der Waals surface area contributed by atoms with E-state index >= 15 is 0 Å². The number of carbonyl (C=O) groups is 1. The summed E-state index contributed by atoms with van der Waals surface area (Å²) in [6.45, 7) is 3.25. The van der Waals surface area contributed by atoms with Gasteiger partial charge in [-0.25, -0.2) is 8.42 Å². The van der Waals surface area contributed by atoms with Gasteiger partial charge in [-0.15, -0.1) is 0 Å². The molecule has 0 saturated carbocycles. The third-order valence-corrected chi connectivity index (χ3v) is 7.39. The van der Waals surface area contributed by atoms with Crippen LogP contribution in [0.25, 0.3) is 0 Å². The van der Waals surface area contributed by atoms with Crippen molar-refractivity contribution in [1.29, 1.82) is 0 Å². The second-order valence-corrected chi connectivity index (χ2v) is 9.15. The van der Waals surface area contributed by atoms with Gasteiger partial charge in [0, 0.05) is 25.2 Å². The highest BCUT2D eigenvalue weighted by atomic mass is 32.2. The van der Waals surface area contributed by atoms with Gasteiger partial charge in [0.15, 0.2) is 6.29 Å². The number of nitrogens with zero attached hydrogens (tertiary/aromatic N) is 2. The van der Waals surface area contributed by atoms with E-state index in [0.29, 0.717) is 51.6 Å². The van der Waals surface area contributed by atoms with Crippen molar-refractivity contribution in [2.24, 2.45) is 0 Å². The summed E-state index contributed by atoms with van der Waals surface area (Å²) >= 11 is 0. The molecule has 1 aromatic carbocycles. The number of hydrogen-bond donors (Lipinski definition) is 0. The number of carbonyl (C=O) groups excluding carboxylic acids is 1. The molecule has 0 aromatic heterocycles. The minimum atomic E-state index is -3.56. The van der Waals surface area contributed by atoms with Crippen molar-refractivity contribution in [2.75, 3.05) is 46.1 Å². The molecule has 0 bridgehead atoms. The van der Waals surface area contributed by atoms with Crippen molar-refractivity contribution in [1.82, 2.24) is 9.21 Å². The zero-order valence-corrected chi connectivity index (χ0v) is 16.6. The Hall–Kier alpha value is -1.52. The molecule has 1 aromatic rings. The summed E-state index contributed by atoms with van der Waals surface area (Å²) < 4.78 is 43.4. The molecule has 0 spiro atoms. The van der Waals surface area contributed by atoms with E-state index in [9.17, 15) is 13.2 Å². The summed E-state index contributed by atoms with van der Waals surface area (Å²) in [6.07, 6.45) is 2.46. The molecule has 0 aliphatic carbocycles. The largest absolute Gasteiger partial charge is 0.379 e. The van der Waals surface area contributed by atoms with Crippen LogP contribution in [-0.4, -0.2) is 81.9 Å². The van der Waals surface area contributed by atoms with Crippen molar-refractivity contribution in [3.8, 4) is 0 Å². The molecule has 1 unspecified atom stereocenters. The van der Waals surface area contributed by atoms with Crippen LogP contribution in [0.3, 0.4) is 0 Å². The Kier molecular flexibility index (Phi) is 5.98. The Bertz CT molecular complexity index is 785. The first-order valence-corrected chi connectivity index (χ1v) is 11.2. The van der Waals surface area contributed by atoms with Gasteiger partial charge in [0.05, 0.1) is 37.4 Å². The number of likely N-dealkylation sites (tertiary alicyclic amines) is 1. The summed E-state index contributed by atoms with van der Waals surface area (Å²) in [5.41, 5.74) is 0.478. The zero-order chi connectivity index (χ0) is 19.6. The Morgan fingerprint density at radius 2 is 1.61 bits per heavy atom. The number of rotatable bonds is 4. The third-order valence-electron chi connectivity index (χ3n) is 5.48. The Labute approximate surface area is 165 Å². The number of ether oxygens (including phenoxy) is 3. The van der Waals surface area contributed by atoms with Gasteiger partial charge in [-0.3, -0.25) is 4.79 Å². The van der Waals surface area contributed by atoms with E-state index in [2.05, 4.69) is 0 Å².